The van der Waals surface area contributed by atoms with Crippen LogP contribution < -0.4 is 5.84 Å². The van der Waals surface area contributed by atoms with E-state index in [2.05, 4.69) is 0 Å². The highest BCUT2D eigenvalue weighted by Crippen LogP contribution is 2.32. The molecule has 0 aliphatic heterocycles. The molecule has 2 nitrogen and oxygen atoms in total. The van der Waals surface area contributed by atoms with Gasteiger partial charge in [0.05, 0.1) is 0 Å². The van der Waals surface area contributed by atoms with Gasteiger partial charge in [0.1, 0.15) is 0 Å². The van der Waals surface area contributed by atoms with E-state index in [0.717, 1.165) is 24.9 Å². The third-order valence-corrected chi connectivity index (χ3v) is 2.38. The maximum absolute atomic E-state index is 5.79. The SMILES string of the molecule is NN(CC1CC1)CC1CC1. The Morgan fingerprint density at radius 2 is 1.40 bits per heavy atom. The maximum atomic E-state index is 5.79. The molecule has 2 heteroatoms. The van der Waals surface area contributed by atoms with Crippen LogP contribution in [0.15, 0.2) is 0 Å². The minimum Gasteiger partial charge on any atom is -0.269 e. The first-order chi connectivity index (χ1) is 4.84. The quantitative estimate of drug-likeness (QED) is 0.466. The third-order valence-electron chi connectivity index (χ3n) is 2.38. The van der Waals surface area contributed by atoms with Crippen molar-refractivity contribution in [1.82, 2.24) is 5.01 Å². The number of hydrogen-bond acceptors (Lipinski definition) is 2. The second kappa shape index (κ2) is 2.51. The number of nitrogens with two attached hydrogens (primary N) is 1. The lowest BCUT2D eigenvalue weighted by molar-refractivity contribution is 0.260. The van der Waals surface area contributed by atoms with Gasteiger partial charge in [-0.3, -0.25) is 5.84 Å². The summed E-state index contributed by atoms with van der Waals surface area (Å²) in [5, 5.41) is 2.02. The molecule has 0 atom stereocenters. The number of nitrogens with zero attached hydrogens (tertiary/aromatic N) is 1. The molecule has 0 aromatic heterocycles. The second-order valence-electron chi connectivity index (χ2n) is 3.84. The highest BCUT2D eigenvalue weighted by atomic mass is 15.4. The van der Waals surface area contributed by atoms with Crippen LogP contribution in [0.4, 0.5) is 0 Å². The molecule has 0 unspecified atom stereocenters. The predicted octanol–water partition coefficient (Wildman–Crippen LogP) is 0.982. The van der Waals surface area contributed by atoms with E-state index in [1.54, 1.807) is 0 Å². The van der Waals surface area contributed by atoms with Crippen LogP contribution in [0.25, 0.3) is 0 Å². The van der Waals surface area contributed by atoms with Gasteiger partial charge in [0, 0.05) is 13.1 Å². The fourth-order valence-corrected chi connectivity index (χ4v) is 1.34. The van der Waals surface area contributed by atoms with Crippen molar-refractivity contribution in [3.05, 3.63) is 0 Å². The van der Waals surface area contributed by atoms with Gasteiger partial charge >= 0.3 is 0 Å². The van der Waals surface area contributed by atoms with Crippen LogP contribution in [-0.2, 0) is 0 Å². The van der Waals surface area contributed by atoms with E-state index in [0.29, 0.717) is 0 Å². The Bertz CT molecular complexity index is 102. The molecule has 0 spiro atoms. The van der Waals surface area contributed by atoms with Gasteiger partial charge < -0.3 is 0 Å². The molecule has 2 saturated carbocycles. The summed E-state index contributed by atoms with van der Waals surface area (Å²) in [4.78, 5) is 0. The first-order valence-electron chi connectivity index (χ1n) is 4.34. The van der Waals surface area contributed by atoms with E-state index < -0.39 is 0 Å². The van der Waals surface area contributed by atoms with Crippen molar-refractivity contribution >= 4 is 0 Å². The smallest absolute Gasteiger partial charge is 0.0157 e. The summed E-state index contributed by atoms with van der Waals surface area (Å²) in [7, 11) is 0. The van der Waals surface area contributed by atoms with Crippen LogP contribution >= 0.6 is 0 Å². The molecule has 2 aliphatic carbocycles. The molecule has 0 saturated heterocycles. The number of rotatable bonds is 4. The van der Waals surface area contributed by atoms with Crippen molar-refractivity contribution in [3.63, 3.8) is 0 Å². The maximum Gasteiger partial charge on any atom is 0.0157 e. The zero-order valence-corrected chi connectivity index (χ0v) is 6.42. The summed E-state index contributed by atoms with van der Waals surface area (Å²) in [6.45, 7) is 2.30. The van der Waals surface area contributed by atoms with E-state index in [1.807, 2.05) is 5.01 Å². The predicted molar refractivity (Wildman–Crippen MR) is 41.2 cm³/mol. The van der Waals surface area contributed by atoms with Gasteiger partial charge in [-0.1, -0.05) is 0 Å². The zero-order chi connectivity index (χ0) is 6.97. The Kier molecular flexibility index (Phi) is 1.66. The van der Waals surface area contributed by atoms with Gasteiger partial charge in [0.25, 0.3) is 0 Å². The van der Waals surface area contributed by atoms with Gasteiger partial charge in [0.15, 0.2) is 0 Å². The van der Waals surface area contributed by atoms with Gasteiger partial charge in [-0.2, -0.15) is 0 Å². The van der Waals surface area contributed by atoms with Crippen LogP contribution in [0, 0.1) is 11.8 Å². The van der Waals surface area contributed by atoms with Crippen molar-refractivity contribution in [1.29, 1.82) is 0 Å². The minimum atomic E-state index is 0.948. The average Bonchev–Trinajstić information content (AvgIpc) is 2.59. The summed E-state index contributed by atoms with van der Waals surface area (Å²) in [6, 6.07) is 0. The van der Waals surface area contributed by atoms with Gasteiger partial charge in [-0.25, -0.2) is 5.01 Å². The molecule has 0 bridgehead atoms. The normalized spacial score (nSPS) is 25.8. The molecule has 0 radical (unpaired) electrons. The second-order valence-corrected chi connectivity index (χ2v) is 3.84. The molecule has 2 rings (SSSR count). The Morgan fingerprint density at radius 3 is 1.70 bits per heavy atom. The summed E-state index contributed by atoms with van der Waals surface area (Å²) in [6.07, 6.45) is 5.66. The number of hydrazine groups is 1. The van der Waals surface area contributed by atoms with Gasteiger partial charge in [-0.05, 0) is 37.5 Å². The summed E-state index contributed by atoms with van der Waals surface area (Å²) in [5.74, 6) is 7.68. The Balaban J connectivity index is 1.60. The zero-order valence-electron chi connectivity index (χ0n) is 6.42. The summed E-state index contributed by atoms with van der Waals surface area (Å²) >= 11 is 0. The monoisotopic (exact) mass is 140 g/mol. The summed E-state index contributed by atoms with van der Waals surface area (Å²) in [5.41, 5.74) is 0. The molecule has 58 valence electrons. The molecule has 2 N–H and O–H groups in total. The van der Waals surface area contributed by atoms with Crippen molar-refractivity contribution < 1.29 is 0 Å². The van der Waals surface area contributed by atoms with Crippen molar-refractivity contribution in [3.8, 4) is 0 Å². The lowest BCUT2D eigenvalue weighted by atomic mass is 10.3. The first-order valence-corrected chi connectivity index (χ1v) is 4.34. The Hall–Kier alpha value is -0.0800. The summed E-state index contributed by atoms with van der Waals surface area (Å²) < 4.78 is 0. The molecule has 2 fully saturated rings. The van der Waals surface area contributed by atoms with E-state index in [9.17, 15) is 0 Å². The molecule has 0 aromatic carbocycles. The molecular weight excluding hydrogens is 124 g/mol. The third kappa shape index (κ3) is 1.96. The highest BCUT2D eigenvalue weighted by molar-refractivity contribution is 4.79. The molecule has 0 aromatic rings. The van der Waals surface area contributed by atoms with Gasteiger partial charge in [0.2, 0.25) is 0 Å². The topological polar surface area (TPSA) is 29.3 Å². The van der Waals surface area contributed by atoms with Crippen molar-refractivity contribution in [2.45, 2.75) is 25.7 Å². The van der Waals surface area contributed by atoms with Crippen molar-refractivity contribution in [2.24, 2.45) is 17.7 Å². The fourth-order valence-electron chi connectivity index (χ4n) is 1.34. The van der Waals surface area contributed by atoms with Crippen molar-refractivity contribution in [2.75, 3.05) is 13.1 Å². The number of hydrogen-bond donors (Lipinski definition) is 1. The molecule has 0 heterocycles. The van der Waals surface area contributed by atoms with Gasteiger partial charge in [-0.15, -0.1) is 0 Å². The first kappa shape index (κ1) is 6.62. The van der Waals surface area contributed by atoms with E-state index >= 15 is 0 Å². The molecule has 2 aliphatic rings. The Morgan fingerprint density at radius 1 is 1.00 bits per heavy atom. The minimum absolute atomic E-state index is 0.948. The lowest BCUT2D eigenvalue weighted by Crippen LogP contribution is -2.34. The lowest BCUT2D eigenvalue weighted by Gasteiger charge is -2.14. The van der Waals surface area contributed by atoms with Crippen LogP contribution in [0.2, 0.25) is 0 Å². The Labute approximate surface area is 62.4 Å². The van der Waals surface area contributed by atoms with Crippen LogP contribution in [0.5, 0.6) is 0 Å². The fraction of sp³-hybridized carbons (Fsp3) is 1.00. The molecule has 0 amide bonds. The van der Waals surface area contributed by atoms with Crippen LogP contribution in [0.1, 0.15) is 25.7 Å². The van der Waals surface area contributed by atoms with Crippen LogP contribution in [-0.4, -0.2) is 18.1 Å². The standard InChI is InChI=1S/C8H16N2/c9-10(5-7-1-2-7)6-8-3-4-8/h7-8H,1-6,9H2. The average molecular weight is 140 g/mol. The molecular formula is C8H16N2. The molecule has 10 heavy (non-hydrogen) atoms. The highest BCUT2D eigenvalue weighted by Gasteiger charge is 2.27. The largest absolute Gasteiger partial charge is 0.269 e. The van der Waals surface area contributed by atoms with E-state index in [-0.39, 0.29) is 0 Å². The van der Waals surface area contributed by atoms with E-state index in [4.69, 9.17) is 5.84 Å². The van der Waals surface area contributed by atoms with E-state index in [1.165, 1.54) is 25.7 Å². The van der Waals surface area contributed by atoms with Crippen LogP contribution in [0.3, 0.4) is 0 Å².